The smallest absolute Gasteiger partial charge is 0.233 e. The van der Waals surface area contributed by atoms with Crippen molar-refractivity contribution in [3.05, 3.63) is 54.6 Å². The van der Waals surface area contributed by atoms with E-state index in [-0.39, 0.29) is 5.56 Å². The zero-order valence-corrected chi connectivity index (χ0v) is 8.64. The molecule has 0 saturated carbocycles. The summed E-state index contributed by atoms with van der Waals surface area (Å²) < 4.78 is 28.3. The van der Waals surface area contributed by atoms with Crippen LogP contribution in [0.4, 0.5) is 8.78 Å². The number of imidazole rings is 1. The van der Waals surface area contributed by atoms with Gasteiger partial charge in [0.2, 0.25) is 5.78 Å². The molecule has 2 aromatic heterocycles. The number of hydrogen-bond donors (Lipinski definition) is 0. The van der Waals surface area contributed by atoms with Crippen molar-refractivity contribution in [1.29, 1.82) is 0 Å². The van der Waals surface area contributed by atoms with E-state index in [1.807, 2.05) is 0 Å². The van der Waals surface area contributed by atoms with Crippen LogP contribution in [0.5, 0.6) is 0 Å². The van der Waals surface area contributed by atoms with Gasteiger partial charge in [0, 0.05) is 35.9 Å². The highest BCUT2D eigenvalue weighted by molar-refractivity contribution is 5.63. The quantitative estimate of drug-likeness (QED) is 0.644. The summed E-state index contributed by atoms with van der Waals surface area (Å²) in [6.45, 7) is 0. The Labute approximate surface area is 95.4 Å². The van der Waals surface area contributed by atoms with Crippen molar-refractivity contribution >= 4 is 5.78 Å². The van der Waals surface area contributed by atoms with Gasteiger partial charge in [-0.25, -0.2) is 18.7 Å². The van der Waals surface area contributed by atoms with Crippen LogP contribution in [-0.2, 0) is 0 Å². The highest BCUT2D eigenvalue weighted by atomic mass is 19.2. The number of hydrogen-bond acceptors (Lipinski definition) is 2. The molecule has 0 amide bonds. The van der Waals surface area contributed by atoms with Crippen LogP contribution in [0.15, 0.2) is 43.0 Å². The van der Waals surface area contributed by atoms with Crippen molar-refractivity contribution in [1.82, 2.24) is 14.4 Å². The SMILES string of the molecule is Fc1cccc(-c2cnc3nccn3c2)c1F. The van der Waals surface area contributed by atoms with Crippen LogP contribution in [0.3, 0.4) is 0 Å². The predicted octanol–water partition coefficient (Wildman–Crippen LogP) is 2.67. The molecule has 0 atom stereocenters. The van der Waals surface area contributed by atoms with E-state index in [4.69, 9.17) is 0 Å². The first-order chi connectivity index (χ1) is 8.25. The number of aromatic nitrogens is 3. The maximum absolute atomic E-state index is 13.6. The molecule has 0 radical (unpaired) electrons. The summed E-state index contributed by atoms with van der Waals surface area (Å²) in [5.74, 6) is -1.22. The minimum atomic E-state index is -0.867. The van der Waals surface area contributed by atoms with E-state index in [9.17, 15) is 8.78 Å². The van der Waals surface area contributed by atoms with Crippen molar-refractivity contribution in [2.45, 2.75) is 0 Å². The highest BCUT2D eigenvalue weighted by Gasteiger charge is 2.10. The molecule has 5 heteroatoms. The highest BCUT2D eigenvalue weighted by Crippen LogP contribution is 2.23. The predicted molar refractivity (Wildman–Crippen MR) is 58.3 cm³/mol. The molecule has 0 aliphatic rings. The van der Waals surface area contributed by atoms with Gasteiger partial charge in [0.1, 0.15) is 0 Å². The van der Waals surface area contributed by atoms with Crippen LogP contribution in [0.2, 0.25) is 0 Å². The molecule has 17 heavy (non-hydrogen) atoms. The Kier molecular flexibility index (Phi) is 2.11. The van der Waals surface area contributed by atoms with Crippen LogP contribution in [0, 0.1) is 11.6 Å². The Balaban J connectivity index is 2.23. The second-order valence-corrected chi connectivity index (χ2v) is 3.58. The molecule has 0 spiro atoms. The van der Waals surface area contributed by atoms with Gasteiger partial charge in [0.25, 0.3) is 0 Å². The van der Waals surface area contributed by atoms with Crippen molar-refractivity contribution in [3.63, 3.8) is 0 Å². The summed E-state index contributed by atoms with van der Waals surface area (Å²) in [5, 5.41) is 0. The third-order valence-electron chi connectivity index (χ3n) is 2.51. The zero-order chi connectivity index (χ0) is 11.8. The molecular formula is C12H7F2N3. The van der Waals surface area contributed by atoms with E-state index in [0.717, 1.165) is 6.07 Å². The Morgan fingerprint density at radius 2 is 2.00 bits per heavy atom. The third kappa shape index (κ3) is 1.56. The van der Waals surface area contributed by atoms with Crippen molar-refractivity contribution in [2.24, 2.45) is 0 Å². The number of fused-ring (bicyclic) bond motifs is 1. The maximum Gasteiger partial charge on any atom is 0.233 e. The lowest BCUT2D eigenvalue weighted by atomic mass is 10.1. The Hall–Kier alpha value is -2.30. The van der Waals surface area contributed by atoms with E-state index in [0.29, 0.717) is 11.3 Å². The van der Waals surface area contributed by atoms with Crippen molar-refractivity contribution in [2.75, 3.05) is 0 Å². The first-order valence-electron chi connectivity index (χ1n) is 4.99. The van der Waals surface area contributed by atoms with Crippen LogP contribution >= 0.6 is 0 Å². The minimum Gasteiger partial charge on any atom is -0.291 e. The van der Waals surface area contributed by atoms with E-state index < -0.39 is 11.6 Å². The Morgan fingerprint density at radius 1 is 1.12 bits per heavy atom. The van der Waals surface area contributed by atoms with Crippen molar-refractivity contribution in [3.8, 4) is 11.1 Å². The van der Waals surface area contributed by atoms with Gasteiger partial charge in [-0.15, -0.1) is 0 Å². The molecule has 3 aromatic rings. The summed E-state index contributed by atoms with van der Waals surface area (Å²) in [5.41, 5.74) is 0.695. The molecule has 1 aromatic carbocycles. The van der Waals surface area contributed by atoms with Gasteiger partial charge in [-0.1, -0.05) is 12.1 Å². The monoisotopic (exact) mass is 231 g/mol. The Bertz CT molecular complexity index is 691. The number of nitrogens with zero attached hydrogens (tertiary/aromatic N) is 3. The molecule has 3 nitrogen and oxygen atoms in total. The molecule has 0 unspecified atom stereocenters. The average molecular weight is 231 g/mol. The normalized spacial score (nSPS) is 10.9. The van der Waals surface area contributed by atoms with Crippen LogP contribution in [-0.4, -0.2) is 14.4 Å². The molecule has 0 fully saturated rings. The molecule has 0 saturated heterocycles. The maximum atomic E-state index is 13.6. The van der Waals surface area contributed by atoms with E-state index in [2.05, 4.69) is 9.97 Å². The van der Waals surface area contributed by atoms with E-state index in [1.54, 1.807) is 23.0 Å². The lowest BCUT2D eigenvalue weighted by Gasteiger charge is -2.04. The molecule has 0 aliphatic heterocycles. The van der Waals surface area contributed by atoms with Crippen LogP contribution in [0.25, 0.3) is 16.9 Å². The van der Waals surface area contributed by atoms with Crippen LogP contribution in [0.1, 0.15) is 0 Å². The summed E-state index contributed by atoms with van der Waals surface area (Å²) in [4.78, 5) is 8.03. The summed E-state index contributed by atoms with van der Waals surface area (Å²) in [6.07, 6.45) is 6.42. The fourth-order valence-corrected chi connectivity index (χ4v) is 1.68. The third-order valence-corrected chi connectivity index (χ3v) is 2.51. The molecule has 3 rings (SSSR count). The molecule has 0 N–H and O–H groups in total. The lowest BCUT2D eigenvalue weighted by molar-refractivity contribution is 0.511. The first kappa shape index (κ1) is 9.89. The average Bonchev–Trinajstić information content (AvgIpc) is 2.79. The molecule has 0 bridgehead atoms. The van der Waals surface area contributed by atoms with Crippen molar-refractivity contribution < 1.29 is 8.78 Å². The van der Waals surface area contributed by atoms with E-state index >= 15 is 0 Å². The second-order valence-electron chi connectivity index (χ2n) is 3.58. The minimum absolute atomic E-state index is 0.188. The van der Waals surface area contributed by atoms with Crippen LogP contribution < -0.4 is 0 Å². The van der Waals surface area contributed by atoms with Gasteiger partial charge in [-0.3, -0.25) is 4.40 Å². The van der Waals surface area contributed by atoms with Gasteiger partial charge >= 0.3 is 0 Å². The lowest BCUT2D eigenvalue weighted by Crippen LogP contribution is -1.93. The zero-order valence-electron chi connectivity index (χ0n) is 8.64. The molecule has 2 heterocycles. The van der Waals surface area contributed by atoms with E-state index in [1.165, 1.54) is 18.3 Å². The summed E-state index contributed by atoms with van der Waals surface area (Å²) in [6, 6.07) is 4.06. The summed E-state index contributed by atoms with van der Waals surface area (Å²) >= 11 is 0. The molecule has 84 valence electrons. The fraction of sp³-hybridized carbons (Fsp3) is 0. The topological polar surface area (TPSA) is 30.2 Å². The second kappa shape index (κ2) is 3.62. The number of halogens is 2. The molecule has 0 aliphatic carbocycles. The standard InChI is InChI=1S/C12H7F2N3/c13-10-3-1-2-9(11(10)14)8-6-16-12-15-4-5-17(12)7-8/h1-7H. The van der Waals surface area contributed by atoms with Gasteiger partial charge in [-0.2, -0.15) is 0 Å². The van der Waals surface area contributed by atoms with Gasteiger partial charge in [0.05, 0.1) is 0 Å². The summed E-state index contributed by atoms with van der Waals surface area (Å²) in [7, 11) is 0. The number of rotatable bonds is 1. The molecular weight excluding hydrogens is 224 g/mol. The Morgan fingerprint density at radius 3 is 2.88 bits per heavy atom. The first-order valence-corrected chi connectivity index (χ1v) is 4.99. The van der Waals surface area contributed by atoms with Gasteiger partial charge < -0.3 is 0 Å². The largest absolute Gasteiger partial charge is 0.291 e. The van der Waals surface area contributed by atoms with Gasteiger partial charge in [0.15, 0.2) is 11.6 Å². The number of benzene rings is 1. The van der Waals surface area contributed by atoms with Gasteiger partial charge in [-0.05, 0) is 6.07 Å². The fourth-order valence-electron chi connectivity index (χ4n) is 1.68.